The molecule has 1 aliphatic rings. The SMILES string of the molecule is CSc1cc(C#N)ccc1[C@H]1NC(=O)N(c2cccc(CF)c2)C(C)=C1C(=O)O. The second-order valence-corrected chi connectivity index (χ2v) is 7.24. The van der Waals surface area contributed by atoms with Crippen molar-refractivity contribution in [2.24, 2.45) is 0 Å². The summed E-state index contributed by atoms with van der Waals surface area (Å²) >= 11 is 1.36. The van der Waals surface area contributed by atoms with Crippen LogP contribution in [0.1, 0.15) is 29.7 Å². The van der Waals surface area contributed by atoms with Gasteiger partial charge in [0.2, 0.25) is 0 Å². The molecular weight excluding hydrogens is 393 g/mol. The lowest BCUT2D eigenvalue weighted by molar-refractivity contribution is -0.133. The van der Waals surface area contributed by atoms with E-state index in [9.17, 15) is 19.1 Å². The molecule has 0 radical (unpaired) electrons. The lowest BCUT2D eigenvalue weighted by Crippen LogP contribution is -2.48. The van der Waals surface area contributed by atoms with E-state index in [0.29, 0.717) is 27.3 Å². The number of allylic oxidation sites excluding steroid dienone is 1. The van der Waals surface area contributed by atoms with E-state index in [4.69, 9.17) is 5.26 Å². The van der Waals surface area contributed by atoms with Gasteiger partial charge in [0, 0.05) is 10.6 Å². The molecule has 0 bridgehead atoms. The van der Waals surface area contributed by atoms with Gasteiger partial charge in [-0.15, -0.1) is 11.8 Å². The van der Waals surface area contributed by atoms with Crippen LogP contribution in [0.15, 0.2) is 58.6 Å². The molecule has 6 nitrogen and oxygen atoms in total. The van der Waals surface area contributed by atoms with E-state index in [1.54, 1.807) is 43.3 Å². The summed E-state index contributed by atoms with van der Waals surface area (Å²) in [7, 11) is 0. The number of halogens is 1. The number of anilines is 1. The predicted octanol–water partition coefficient (Wildman–Crippen LogP) is 4.38. The van der Waals surface area contributed by atoms with Gasteiger partial charge in [-0.3, -0.25) is 4.90 Å². The van der Waals surface area contributed by atoms with Crippen LogP contribution in [0, 0.1) is 11.3 Å². The molecule has 3 rings (SSSR count). The maximum Gasteiger partial charge on any atom is 0.335 e. The summed E-state index contributed by atoms with van der Waals surface area (Å²) in [5.74, 6) is -1.17. The van der Waals surface area contributed by atoms with Crippen LogP contribution in [0.2, 0.25) is 0 Å². The number of nitrogens with zero attached hydrogens (tertiary/aromatic N) is 2. The Labute approximate surface area is 171 Å². The van der Waals surface area contributed by atoms with Crippen molar-refractivity contribution in [2.75, 3.05) is 11.2 Å². The second-order valence-electron chi connectivity index (χ2n) is 6.39. The van der Waals surface area contributed by atoms with E-state index in [1.807, 2.05) is 6.26 Å². The summed E-state index contributed by atoms with van der Waals surface area (Å²) in [5, 5.41) is 21.8. The van der Waals surface area contributed by atoms with Gasteiger partial charge in [0.15, 0.2) is 0 Å². The molecule has 29 heavy (non-hydrogen) atoms. The van der Waals surface area contributed by atoms with Crippen molar-refractivity contribution < 1.29 is 19.1 Å². The Balaban J connectivity index is 2.15. The number of alkyl halides is 1. The van der Waals surface area contributed by atoms with Crippen LogP contribution in [0.3, 0.4) is 0 Å². The number of urea groups is 1. The third kappa shape index (κ3) is 3.82. The summed E-state index contributed by atoms with van der Waals surface area (Å²) in [4.78, 5) is 27.0. The highest BCUT2D eigenvalue weighted by Crippen LogP contribution is 2.37. The molecule has 0 fully saturated rings. The van der Waals surface area contributed by atoms with Crippen LogP contribution in [0.4, 0.5) is 14.9 Å². The maximum atomic E-state index is 13.0. The smallest absolute Gasteiger partial charge is 0.335 e. The molecule has 0 saturated heterocycles. The molecule has 0 spiro atoms. The average molecular weight is 411 g/mol. The molecule has 2 aromatic rings. The van der Waals surface area contributed by atoms with Gasteiger partial charge in [0.05, 0.1) is 28.9 Å². The van der Waals surface area contributed by atoms with E-state index in [-0.39, 0.29) is 11.3 Å². The maximum absolute atomic E-state index is 13.0. The average Bonchev–Trinajstić information content (AvgIpc) is 2.72. The van der Waals surface area contributed by atoms with Crippen molar-refractivity contribution in [1.82, 2.24) is 5.32 Å². The largest absolute Gasteiger partial charge is 0.478 e. The number of nitrogens with one attached hydrogen (secondary N) is 1. The number of carbonyl (C=O) groups excluding carboxylic acids is 1. The fourth-order valence-corrected chi connectivity index (χ4v) is 4.03. The van der Waals surface area contributed by atoms with Gasteiger partial charge < -0.3 is 10.4 Å². The molecule has 8 heteroatoms. The van der Waals surface area contributed by atoms with E-state index in [0.717, 1.165) is 0 Å². The van der Waals surface area contributed by atoms with Gasteiger partial charge in [-0.05, 0) is 48.6 Å². The Kier molecular flexibility index (Phi) is 5.89. The summed E-state index contributed by atoms with van der Waals surface area (Å²) < 4.78 is 13.0. The number of aliphatic carboxylic acids is 1. The molecule has 2 amide bonds. The van der Waals surface area contributed by atoms with E-state index in [1.165, 1.54) is 22.7 Å². The number of nitriles is 1. The molecule has 1 aliphatic heterocycles. The number of hydrogen-bond acceptors (Lipinski definition) is 4. The van der Waals surface area contributed by atoms with Crippen LogP contribution in [0.25, 0.3) is 0 Å². The highest BCUT2D eigenvalue weighted by Gasteiger charge is 2.37. The Morgan fingerprint density at radius 3 is 2.72 bits per heavy atom. The molecular formula is C21H18FN3O3S. The van der Waals surface area contributed by atoms with Gasteiger partial charge in [-0.2, -0.15) is 5.26 Å². The standard InChI is InChI=1S/C21H18FN3O3S/c1-12-18(20(26)27)19(16-7-6-14(11-23)9-17(16)29-2)24-21(28)25(12)15-5-3-4-13(8-15)10-22/h3-9,19H,10H2,1-2H3,(H,24,28)(H,26,27)/t19-/m1/s1. The zero-order valence-electron chi connectivity index (χ0n) is 15.8. The number of benzene rings is 2. The van der Waals surface area contributed by atoms with Crippen molar-refractivity contribution in [1.29, 1.82) is 5.26 Å². The monoisotopic (exact) mass is 411 g/mol. The van der Waals surface area contributed by atoms with Crippen molar-refractivity contribution >= 4 is 29.4 Å². The first-order valence-corrected chi connectivity index (χ1v) is 9.91. The molecule has 1 heterocycles. The Morgan fingerprint density at radius 2 is 2.10 bits per heavy atom. The molecule has 2 aromatic carbocycles. The Hall–Kier alpha value is -3.31. The topological polar surface area (TPSA) is 93.4 Å². The van der Waals surface area contributed by atoms with Gasteiger partial charge in [0.25, 0.3) is 0 Å². The van der Waals surface area contributed by atoms with Gasteiger partial charge in [0.1, 0.15) is 6.67 Å². The molecule has 0 aromatic heterocycles. The predicted molar refractivity (Wildman–Crippen MR) is 108 cm³/mol. The minimum absolute atomic E-state index is 0.00950. The van der Waals surface area contributed by atoms with Crippen LogP contribution >= 0.6 is 11.8 Å². The number of carboxylic acids is 1. The lowest BCUT2D eigenvalue weighted by Gasteiger charge is -2.35. The number of thioether (sulfide) groups is 1. The number of carboxylic acid groups (broad SMARTS) is 1. The normalized spacial score (nSPS) is 16.4. The first-order valence-electron chi connectivity index (χ1n) is 8.68. The van der Waals surface area contributed by atoms with Crippen molar-refractivity contribution in [2.45, 2.75) is 24.5 Å². The molecule has 1 atom stereocenters. The lowest BCUT2D eigenvalue weighted by atomic mass is 9.94. The Morgan fingerprint density at radius 1 is 1.34 bits per heavy atom. The molecule has 0 saturated carbocycles. The highest BCUT2D eigenvalue weighted by atomic mass is 32.2. The quantitative estimate of drug-likeness (QED) is 0.712. The number of rotatable bonds is 5. The molecule has 2 N–H and O–H groups in total. The Bertz CT molecular complexity index is 1060. The van der Waals surface area contributed by atoms with Crippen molar-refractivity contribution in [3.8, 4) is 6.07 Å². The van der Waals surface area contributed by atoms with E-state index in [2.05, 4.69) is 11.4 Å². The number of amides is 2. The minimum Gasteiger partial charge on any atom is -0.478 e. The molecule has 0 unspecified atom stereocenters. The number of hydrogen-bond donors (Lipinski definition) is 2. The summed E-state index contributed by atoms with van der Waals surface area (Å²) in [6.07, 6.45) is 1.82. The zero-order chi connectivity index (χ0) is 21.1. The summed E-state index contributed by atoms with van der Waals surface area (Å²) in [6, 6.07) is 11.9. The van der Waals surface area contributed by atoms with Crippen molar-refractivity contribution in [3.05, 3.63) is 70.4 Å². The first kappa shape index (κ1) is 20.4. The van der Waals surface area contributed by atoms with Gasteiger partial charge in [-0.1, -0.05) is 18.2 Å². The fraction of sp³-hybridized carbons (Fsp3) is 0.190. The highest BCUT2D eigenvalue weighted by molar-refractivity contribution is 7.98. The molecule has 148 valence electrons. The molecule has 0 aliphatic carbocycles. The first-order chi connectivity index (χ1) is 13.9. The van der Waals surface area contributed by atoms with Gasteiger partial charge in [-0.25, -0.2) is 14.0 Å². The fourth-order valence-electron chi connectivity index (χ4n) is 3.36. The third-order valence-corrected chi connectivity index (χ3v) is 5.51. The summed E-state index contributed by atoms with van der Waals surface area (Å²) in [6.45, 7) is 0.864. The van der Waals surface area contributed by atoms with Crippen LogP contribution in [-0.4, -0.2) is 23.4 Å². The minimum atomic E-state index is -1.17. The summed E-state index contributed by atoms with van der Waals surface area (Å²) in [5.41, 5.74) is 2.08. The van der Waals surface area contributed by atoms with Crippen molar-refractivity contribution in [3.63, 3.8) is 0 Å². The van der Waals surface area contributed by atoms with Crippen LogP contribution in [0.5, 0.6) is 0 Å². The van der Waals surface area contributed by atoms with E-state index >= 15 is 0 Å². The zero-order valence-corrected chi connectivity index (χ0v) is 16.6. The van der Waals surface area contributed by atoms with Crippen LogP contribution < -0.4 is 10.2 Å². The van der Waals surface area contributed by atoms with E-state index < -0.39 is 24.7 Å². The number of carbonyl (C=O) groups is 2. The van der Waals surface area contributed by atoms with Gasteiger partial charge >= 0.3 is 12.0 Å². The van der Waals surface area contributed by atoms with Crippen LogP contribution in [-0.2, 0) is 11.5 Å². The third-order valence-electron chi connectivity index (χ3n) is 4.71. The second kappa shape index (κ2) is 8.37.